The van der Waals surface area contributed by atoms with Crippen LogP contribution in [0.5, 0.6) is 0 Å². The SMILES string of the molecule is CNC(C)c1ccc(Sc2ccccn2)cc1Br. The van der Waals surface area contributed by atoms with Crippen molar-refractivity contribution in [2.45, 2.75) is 22.9 Å². The number of aromatic nitrogens is 1. The Morgan fingerprint density at radius 2 is 2.11 bits per heavy atom. The minimum atomic E-state index is 0.341. The third kappa shape index (κ3) is 3.34. The van der Waals surface area contributed by atoms with Gasteiger partial charge in [-0.15, -0.1) is 0 Å². The Morgan fingerprint density at radius 3 is 2.72 bits per heavy atom. The normalized spacial score (nSPS) is 12.4. The van der Waals surface area contributed by atoms with E-state index in [1.165, 1.54) is 10.5 Å². The molecule has 0 aliphatic rings. The van der Waals surface area contributed by atoms with E-state index in [1.54, 1.807) is 11.8 Å². The number of rotatable bonds is 4. The van der Waals surface area contributed by atoms with E-state index in [2.05, 4.69) is 51.4 Å². The first-order valence-corrected chi connectivity index (χ1v) is 7.37. The molecule has 1 unspecified atom stereocenters. The second kappa shape index (κ2) is 6.36. The Balaban J connectivity index is 2.19. The van der Waals surface area contributed by atoms with Gasteiger partial charge >= 0.3 is 0 Å². The van der Waals surface area contributed by atoms with Crippen LogP contribution in [0, 0.1) is 0 Å². The summed E-state index contributed by atoms with van der Waals surface area (Å²) in [7, 11) is 1.97. The van der Waals surface area contributed by atoms with Crippen LogP contribution in [0.3, 0.4) is 0 Å². The fraction of sp³-hybridized carbons (Fsp3) is 0.214. The molecular weight excluding hydrogens is 308 g/mol. The summed E-state index contributed by atoms with van der Waals surface area (Å²) >= 11 is 5.30. The fourth-order valence-electron chi connectivity index (χ4n) is 1.61. The summed E-state index contributed by atoms with van der Waals surface area (Å²) in [4.78, 5) is 5.50. The lowest BCUT2D eigenvalue weighted by Gasteiger charge is -2.13. The van der Waals surface area contributed by atoms with E-state index in [0.29, 0.717) is 6.04 Å². The van der Waals surface area contributed by atoms with Gasteiger partial charge in [0.2, 0.25) is 0 Å². The van der Waals surface area contributed by atoms with Crippen molar-refractivity contribution in [2.75, 3.05) is 7.05 Å². The number of nitrogens with zero attached hydrogens (tertiary/aromatic N) is 1. The maximum absolute atomic E-state index is 4.31. The second-order valence-electron chi connectivity index (χ2n) is 3.96. The maximum atomic E-state index is 4.31. The van der Waals surface area contributed by atoms with Crippen LogP contribution < -0.4 is 5.32 Å². The molecule has 0 aliphatic carbocycles. The molecule has 1 atom stereocenters. The molecule has 4 heteroatoms. The van der Waals surface area contributed by atoms with E-state index in [-0.39, 0.29) is 0 Å². The van der Waals surface area contributed by atoms with Crippen LogP contribution in [0.2, 0.25) is 0 Å². The Hall–Kier alpha value is -0.840. The second-order valence-corrected chi connectivity index (χ2v) is 5.91. The summed E-state index contributed by atoms with van der Waals surface area (Å²) in [6.07, 6.45) is 1.81. The van der Waals surface area contributed by atoms with E-state index >= 15 is 0 Å². The molecule has 2 aromatic rings. The van der Waals surface area contributed by atoms with Crippen LogP contribution in [0.4, 0.5) is 0 Å². The molecule has 0 spiro atoms. The highest BCUT2D eigenvalue weighted by Gasteiger charge is 2.08. The zero-order chi connectivity index (χ0) is 13.0. The molecule has 0 amide bonds. The van der Waals surface area contributed by atoms with Gasteiger partial charge in [-0.25, -0.2) is 4.98 Å². The van der Waals surface area contributed by atoms with Crippen LogP contribution in [0.15, 0.2) is 57.0 Å². The van der Waals surface area contributed by atoms with Crippen molar-refractivity contribution in [2.24, 2.45) is 0 Å². The highest BCUT2D eigenvalue weighted by molar-refractivity contribution is 9.10. The molecule has 0 radical (unpaired) electrons. The first-order valence-electron chi connectivity index (χ1n) is 5.76. The van der Waals surface area contributed by atoms with E-state index in [4.69, 9.17) is 0 Å². The van der Waals surface area contributed by atoms with Gasteiger partial charge in [0.1, 0.15) is 5.03 Å². The van der Waals surface area contributed by atoms with Crippen molar-refractivity contribution in [1.29, 1.82) is 0 Å². The third-order valence-corrected chi connectivity index (χ3v) is 4.36. The molecule has 1 aromatic carbocycles. The largest absolute Gasteiger partial charge is 0.313 e. The average Bonchev–Trinajstić information content (AvgIpc) is 2.39. The molecule has 1 heterocycles. The minimum Gasteiger partial charge on any atom is -0.313 e. The molecule has 0 saturated carbocycles. The van der Waals surface area contributed by atoms with Crippen LogP contribution in [0.25, 0.3) is 0 Å². The standard InChI is InChI=1S/C14H15BrN2S/c1-10(16-2)12-7-6-11(9-13(12)15)18-14-5-3-4-8-17-14/h3-10,16H,1-2H3. The molecule has 0 bridgehead atoms. The number of hydrogen-bond donors (Lipinski definition) is 1. The van der Waals surface area contributed by atoms with Crippen molar-refractivity contribution < 1.29 is 0 Å². The van der Waals surface area contributed by atoms with E-state index in [9.17, 15) is 0 Å². The van der Waals surface area contributed by atoms with Gasteiger partial charge in [0, 0.05) is 21.6 Å². The van der Waals surface area contributed by atoms with Crippen molar-refractivity contribution in [1.82, 2.24) is 10.3 Å². The van der Waals surface area contributed by atoms with E-state index in [1.807, 2.05) is 31.4 Å². The number of hydrogen-bond acceptors (Lipinski definition) is 3. The molecule has 2 nitrogen and oxygen atoms in total. The monoisotopic (exact) mass is 322 g/mol. The number of halogens is 1. The fourth-order valence-corrected chi connectivity index (χ4v) is 3.29. The molecule has 1 N–H and O–H groups in total. The minimum absolute atomic E-state index is 0.341. The molecule has 0 fully saturated rings. The summed E-state index contributed by atoms with van der Waals surface area (Å²) in [6, 6.07) is 12.7. The number of benzene rings is 1. The lowest BCUT2D eigenvalue weighted by atomic mass is 10.1. The molecule has 0 saturated heterocycles. The van der Waals surface area contributed by atoms with Crippen molar-refractivity contribution in [3.05, 3.63) is 52.6 Å². The van der Waals surface area contributed by atoms with Gasteiger partial charge in [0.15, 0.2) is 0 Å². The number of pyridine rings is 1. The van der Waals surface area contributed by atoms with E-state index in [0.717, 1.165) is 9.50 Å². The summed E-state index contributed by atoms with van der Waals surface area (Å²) in [5.74, 6) is 0. The number of nitrogens with one attached hydrogen (secondary N) is 1. The molecular formula is C14H15BrN2S. The summed E-state index contributed by atoms with van der Waals surface area (Å²) in [5.41, 5.74) is 1.27. The predicted octanol–water partition coefficient (Wildman–Crippen LogP) is 4.28. The topological polar surface area (TPSA) is 24.9 Å². The molecule has 0 aliphatic heterocycles. The summed E-state index contributed by atoms with van der Waals surface area (Å²) < 4.78 is 1.13. The quantitative estimate of drug-likeness (QED) is 0.909. The zero-order valence-corrected chi connectivity index (χ0v) is 12.8. The average molecular weight is 323 g/mol. The van der Waals surface area contributed by atoms with Crippen molar-refractivity contribution >= 4 is 27.7 Å². The third-order valence-electron chi connectivity index (χ3n) is 2.73. The van der Waals surface area contributed by atoms with Gasteiger partial charge in [-0.05, 0) is 43.8 Å². The van der Waals surface area contributed by atoms with Crippen LogP contribution in [-0.4, -0.2) is 12.0 Å². The first kappa shape index (κ1) is 13.6. The van der Waals surface area contributed by atoms with Gasteiger partial charge in [0.25, 0.3) is 0 Å². The Kier molecular flexibility index (Phi) is 4.80. The first-order chi connectivity index (χ1) is 8.70. The summed E-state index contributed by atoms with van der Waals surface area (Å²) in [6.45, 7) is 2.14. The van der Waals surface area contributed by atoms with Crippen LogP contribution in [0.1, 0.15) is 18.5 Å². The highest BCUT2D eigenvalue weighted by atomic mass is 79.9. The van der Waals surface area contributed by atoms with Gasteiger partial charge < -0.3 is 5.32 Å². The van der Waals surface area contributed by atoms with Gasteiger partial charge in [0.05, 0.1) is 0 Å². The highest BCUT2D eigenvalue weighted by Crippen LogP contribution is 2.31. The summed E-state index contributed by atoms with van der Waals surface area (Å²) in [5, 5.41) is 4.25. The Bertz CT molecular complexity index is 516. The van der Waals surface area contributed by atoms with Crippen LogP contribution >= 0.6 is 27.7 Å². The van der Waals surface area contributed by atoms with Crippen LogP contribution in [-0.2, 0) is 0 Å². The Labute approximate surface area is 120 Å². The molecule has 2 rings (SSSR count). The molecule has 18 heavy (non-hydrogen) atoms. The molecule has 1 aromatic heterocycles. The maximum Gasteiger partial charge on any atom is 0.101 e. The van der Waals surface area contributed by atoms with Gasteiger partial charge in [-0.3, -0.25) is 0 Å². The lowest BCUT2D eigenvalue weighted by molar-refractivity contribution is 0.649. The van der Waals surface area contributed by atoms with Gasteiger partial charge in [-0.2, -0.15) is 0 Å². The van der Waals surface area contributed by atoms with Crippen molar-refractivity contribution in [3.8, 4) is 0 Å². The van der Waals surface area contributed by atoms with E-state index < -0.39 is 0 Å². The van der Waals surface area contributed by atoms with Gasteiger partial charge in [-0.1, -0.05) is 39.8 Å². The predicted molar refractivity (Wildman–Crippen MR) is 80.0 cm³/mol. The Morgan fingerprint density at radius 1 is 1.28 bits per heavy atom. The lowest BCUT2D eigenvalue weighted by Crippen LogP contribution is -2.12. The van der Waals surface area contributed by atoms with Crippen molar-refractivity contribution in [3.63, 3.8) is 0 Å². The zero-order valence-electron chi connectivity index (χ0n) is 10.4. The smallest absolute Gasteiger partial charge is 0.101 e. The molecule has 94 valence electrons.